The summed E-state index contributed by atoms with van der Waals surface area (Å²) in [6, 6.07) is 0. The topological polar surface area (TPSA) is 46.5 Å². The van der Waals surface area contributed by atoms with Crippen LogP contribution in [0.15, 0.2) is 72.9 Å². The number of aliphatic hydroxyl groups is 1. The number of carbonyl (C=O) groups excluding carboxylic acids is 1. The summed E-state index contributed by atoms with van der Waals surface area (Å²) >= 11 is 3.48. The van der Waals surface area contributed by atoms with Crippen molar-refractivity contribution in [1.82, 2.24) is 0 Å². The van der Waals surface area contributed by atoms with Crippen LogP contribution in [0.3, 0.4) is 0 Å². The molecule has 0 saturated heterocycles. The van der Waals surface area contributed by atoms with Crippen molar-refractivity contribution >= 4 is 22.4 Å². The SMILES string of the molecule is CCCCC/C=C\C/C=C\CCCCCCCCBr.CCCCC/C=C\C/C=C\CCCCCCCCC(O)CCCCCCC/C=C\C/C=C\CCCCC.COC=O. The maximum absolute atomic E-state index is 10.2. The molecule has 0 heterocycles. The van der Waals surface area contributed by atoms with Gasteiger partial charge in [0.2, 0.25) is 0 Å². The Morgan fingerprint density at radius 3 is 0.867 bits per heavy atom. The number of halogens is 1. The molecule has 0 spiro atoms. The average Bonchev–Trinajstić information content (AvgIpc) is 3.26. The van der Waals surface area contributed by atoms with Gasteiger partial charge in [-0.3, -0.25) is 4.79 Å². The summed E-state index contributed by atoms with van der Waals surface area (Å²) in [7, 11) is 1.31. The molecule has 3 nitrogen and oxygen atoms in total. The molecule has 0 saturated carbocycles. The van der Waals surface area contributed by atoms with Crippen LogP contribution in [0.4, 0.5) is 0 Å². The first-order valence-corrected chi connectivity index (χ1v) is 26.9. The van der Waals surface area contributed by atoms with Crippen LogP contribution in [-0.4, -0.2) is 30.1 Å². The fourth-order valence-corrected chi connectivity index (χ4v) is 7.18. The van der Waals surface area contributed by atoms with Crippen LogP contribution in [0.1, 0.15) is 258 Å². The van der Waals surface area contributed by atoms with Gasteiger partial charge >= 0.3 is 0 Å². The van der Waals surface area contributed by atoms with E-state index in [2.05, 4.69) is 114 Å². The van der Waals surface area contributed by atoms with Crippen LogP contribution in [0, 0.1) is 0 Å². The quantitative estimate of drug-likeness (QED) is 0.0287. The minimum atomic E-state index is -0.0659. The lowest BCUT2D eigenvalue weighted by atomic mass is 10.0. The van der Waals surface area contributed by atoms with Crippen molar-refractivity contribution in [2.45, 2.75) is 264 Å². The molecule has 0 aliphatic heterocycles. The van der Waals surface area contributed by atoms with E-state index in [0.717, 1.165) is 32.1 Å². The molecule has 0 fully saturated rings. The number of allylic oxidation sites excluding steroid dienone is 12. The predicted octanol–water partition coefficient (Wildman–Crippen LogP) is 19.3. The number of hydrogen-bond donors (Lipinski definition) is 1. The highest BCUT2D eigenvalue weighted by Gasteiger charge is 2.03. The van der Waals surface area contributed by atoms with Gasteiger partial charge in [0.1, 0.15) is 0 Å². The predicted molar refractivity (Wildman–Crippen MR) is 276 cm³/mol. The van der Waals surface area contributed by atoms with Crippen LogP contribution >= 0.6 is 15.9 Å². The monoisotopic (exact) mass is 903 g/mol. The van der Waals surface area contributed by atoms with Crippen LogP contribution < -0.4 is 0 Å². The number of ether oxygens (including phenoxy) is 1. The molecular weight excluding hydrogens is 801 g/mol. The molecule has 0 aliphatic rings. The minimum absolute atomic E-state index is 0.0659. The Morgan fingerprint density at radius 1 is 0.383 bits per heavy atom. The first-order valence-electron chi connectivity index (χ1n) is 25.7. The van der Waals surface area contributed by atoms with Crippen molar-refractivity contribution < 1.29 is 14.6 Å². The summed E-state index contributed by atoms with van der Waals surface area (Å²) in [5.41, 5.74) is 0. The van der Waals surface area contributed by atoms with E-state index < -0.39 is 0 Å². The van der Waals surface area contributed by atoms with Crippen molar-refractivity contribution in [2.75, 3.05) is 12.4 Å². The van der Waals surface area contributed by atoms with Crippen LogP contribution in [0.2, 0.25) is 0 Å². The third-order valence-corrected chi connectivity index (χ3v) is 11.2. The molecule has 0 aromatic heterocycles. The summed E-state index contributed by atoms with van der Waals surface area (Å²) in [6.07, 6.45) is 75.4. The van der Waals surface area contributed by atoms with Crippen LogP contribution in [0.25, 0.3) is 0 Å². The van der Waals surface area contributed by atoms with Crippen molar-refractivity contribution in [2.24, 2.45) is 0 Å². The molecule has 0 bridgehead atoms. The van der Waals surface area contributed by atoms with Gasteiger partial charge < -0.3 is 9.84 Å². The molecular formula is C56H103BrO3. The molecule has 352 valence electrons. The lowest BCUT2D eigenvalue weighted by Crippen LogP contribution is -2.05. The number of hydrogen-bond acceptors (Lipinski definition) is 3. The average molecular weight is 904 g/mol. The molecule has 0 rings (SSSR count). The summed E-state index contributed by atoms with van der Waals surface area (Å²) in [4.78, 5) is 8.95. The van der Waals surface area contributed by atoms with E-state index in [4.69, 9.17) is 4.79 Å². The molecule has 0 aromatic rings. The molecule has 0 aliphatic carbocycles. The number of aliphatic hydroxyl groups excluding tert-OH is 1. The van der Waals surface area contributed by atoms with Gasteiger partial charge in [0.05, 0.1) is 13.2 Å². The van der Waals surface area contributed by atoms with Gasteiger partial charge in [-0.25, -0.2) is 0 Å². The highest BCUT2D eigenvalue weighted by Crippen LogP contribution is 2.15. The zero-order valence-corrected chi connectivity index (χ0v) is 42.2. The van der Waals surface area contributed by atoms with Gasteiger partial charge in [-0.05, 0) is 116 Å². The molecule has 60 heavy (non-hydrogen) atoms. The highest BCUT2D eigenvalue weighted by molar-refractivity contribution is 9.09. The number of alkyl halides is 1. The third kappa shape index (κ3) is 68.1. The smallest absolute Gasteiger partial charge is 0.292 e. The summed E-state index contributed by atoms with van der Waals surface area (Å²) < 4.78 is 3.86. The van der Waals surface area contributed by atoms with Crippen LogP contribution in [0.5, 0.6) is 0 Å². The van der Waals surface area contributed by atoms with Gasteiger partial charge in [0, 0.05) is 5.33 Å². The van der Waals surface area contributed by atoms with Gasteiger partial charge in [-0.15, -0.1) is 0 Å². The minimum Gasteiger partial charge on any atom is -0.471 e. The Labute approximate surface area is 385 Å². The molecule has 1 unspecified atom stereocenters. The van der Waals surface area contributed by atoms with Gasteiger partial charge in [-0.1, -0.05) is 232 Å². The molecule has 1 atom stereocenters. The fraction of sp³-hybridized carbons (Fsp3) is 0.768. The van der Waals surface area contributed by atoms with Crippen LogP contribution in [-0.2, 0) is 9.53 Å². The summed E-state index contributed by atoms with van der Waals surface area (Å²) in [5, 5.41) is 11.4. The maximum Gasteiger partial charge on any atom is 0.292 e. The van der Waals surface area contributed by atoms with Crippen molar-refractivity contribution in [3.63, 3.8) is 0 Å². The molecule has 4 heteroatoms. The fourth-order valence-electron chi connectivity index (χ4n) is 6.79. The molecule has 0 aromatic carbocycles. The van der Waals surface area contributed by atoms with Gasteiger partial charge in [0.15, 0.2) is 0 Å². The van der Waals surface area contributed by atoms with Crippen molar-refractivity contribution in [1.29, 1.82) is 0 Å². The Kier molecular flexibility index (Phi) is 66.8. The third-order valence-electron chi connectivity index (χ3n) is 10.7. The standard InChI is InChI=1S/C36H66O.C18H33Br.C2H4O2/c1-3-5-7-9-11-13-15-17-19-21-23-25-27-29-31-33-35-36(37)34-32-30-28-26-24-22-20-18-16-14-12-10-8-6-4-2;1-2-3-4-5-6-7-8-9-10-11-12-13-14-15-16-17-18-19;1-4-2-3/h11-14,17-20,36-37H,3-10,15-16,21-35H2,1-2H3;6-7,9-10H,2-5,8,11-18H2,1H3;2H,1H3/b13-11-,14-12-,19-17-,20-18-;7-6-,10-9-;. The highest BCUT2D eigenvalue weighted by atomic mass is 79.9. The number of carbonyl (C=O) groups is 1. The molecule has 1 N–H and O–H groups in total. The van der Waals surface area contributed by atoms with E-state index >= 15 is 0 Å². The Hall–Kier alpha value is -1.65. The van der Waals surface area contributed by atoms with E-state index in [9.17, 15) is 5.11 Å². The van der Waals surface area contributed by atoms with E-state index in [1.165, 1.54) is 218 Å². The van der Waals surface area contributed by atoms with Crippen molar-refractivity contribution in [3.8, 4) is 0 Å². The number of rotatable bonds is 44. The van der Waals surface area contributed by atoms with E-state index in [1.807, 2.05) is 0 Å². The Bertz CT molecular complexity index is 933. The second-order valence-electron chi connectivity index (χ2n) is 16.7. The summed E-state index contributed by atoms with van der Waals surface area (Å²) in [6.45, 7) is 7.15. The number of methoxy groups -OCH3 is 1. The summed E-state index contributed by atoms with van der Waals surface area (Å²) in [5.74, 6) is 0. The van der Waals surface area contributed by atoms with E-state index in [1.54, 1.807) is 0 Å². The zero-order chi connectivity index (χ0) is 44.3. The Balaban J connectivity index is -0.00000117. The first kappa shape index (κ1) is 62.6. The normalized spacial score (nSPS) is 12.3. The van der Waals surface area contributed by atoms with Gasteiger partial charge in [0.25, 0.3) is 6.47 Å². The number of unbranched alkanes of at least 4 members (excludes halogenated alkanes) is 26. The molecule has 0 amide bonds. The van der Waals surface area contributed by atoms with Crippen molar-refractivity contribution in [3.05, 3.63) is 72.9 Å². The van der Waals surface area contributed by atoms with E-state index in [0.29, 0.717) is 6.47 Å². The van der Waals surface area contributed by atoms with Gasteiger partial charge in [-0.2, -0.15) is 0 Å². The Morgan fingerprint density at radius 2 is 0.617 bits per heavy atom. The second kappa shape index (κ2) is 64.0. The first-order chi connectivity index (χ1) is 29.6. The molecule has 0 radical (unpaired) electrons. The maximum atomic E-state index is 10.2. The second-order valence-corrected chi connectivity index (χ2v) is 17.4. The largest absolute Gasteiger partial charge is 0.471 e. The van der Waals surface area contributed by atoms with E-state index in [-0.39, 0.29) is 6.10 Å². The zero-order valence-electron chi connectivity index (χ0n) is 40.6. The lowest BCUT2D eigenvalue weighted by molar-refractivity contribution is -0.126. The lowest BCUT2D eigenvalue weighted by Gasteiger charge is -2.10.